The predicted octanol–water partition coefficient (Wildman–Crippen LogP) is 4.62. The maximum absolute atomic E-state index is 12.1. The third kappa shape index (κ3) is 8.00. The molecule has 2 N–H and O–H groups in total. The first kappa shape index (κ1) is 21.6. The Labute approximate surface area is 152 Å². The van der Waals surface area contributed by atoms with Crippen LogP contribution in [0.3, 0.4) is 0 Å². The topological polar surface area (TPSA) is 69.4 Å². The average molecular weight is 350 g/mol. The maximum Gasteiger partial charge on any atom is 0.305 e. The molecule has 0 fully saturated rings. The Hall–Kier alpha value is -1.42. The van der Waals surface area contributed by atoms with Crippen LogP contribution in [0.2, 0.25) is 0 Å². The lowest BCUT2D eigenvalue weighted by Crippen LogP contribution is -2.38. The number of esters is 1. The van der Waals surface area contributed by atoms with Crippen molar-refractivity contribution in [3.8, 4) is 0 Å². The molecular weight excluding hydrogens is 314 g/mol. The molecule has 4 heteroatoms. The molecule has 0 saturated heterocycles. The van der Waals surface area contributed by atoms with Gasteiger partial charge in [0.1, 0.15) is 0 Å². The van der Waals surface area contributed by atoms with E-state index in [2.05, 4.69) is 11.7 Å². The number of methoxy groups -OCH3 is 1. The second-order valence-corrected chi connectivity index (χ2v) is 7.05. The molecule has 4 nitrogen and oxygen atoms in total. The molecule has 1 atom stereocenters. The van der Waals surface area contributed by atoms with E-state index < -0.39 is 5.54 Å². The van der Waals surface area contributed by atoms with Crippen LogP contribution in [-0.2, 0) is 14.3 Å². The van der Waals surface area contributed by atoms with E-state index in [9.17, 15) is 9.59 Å². The monoisotopic (exact) mass is 349 g/mol. The van der Waals surface area contributed by atoms with Crippen LogP contribution in [0.1, 0.15) is 84.0 Å². The van der Waals surface area contributed by atoms with Gasteiger partial charge in [0.2, 0.25) is 0 Å². The Morgan fingerprint density at radius 2 is 1.80 bits per heavy atom. The quantitative estimate of drug-likeness (QED) is 0.299. The zero-order valence-electron chi connectivity index (χ0n) is 16.0. The van der Waals surface area contributed by atoms with Crippen molar-refractivity contribution in [1.29, 1.82) is 0 Å². The van der Waals surface area contributed by atoms with E-state index in [1.807, 2.05) is 12.2 Å². The van der Waals surface area contributed by atoms with E-state index in [4.69, 9.17) is 5.73 Å². The number of unbranched alkanes of at least 4 members (excludes halogenated alkanes) is 8. The van der Waals surface area contributed by atoms with E-state index in [-0.39, 0.29) is 11.8 Å². The highest BCUT2D eigenvalue weighted by molar-refractivity contribution is 6.09. The molecule has 25 heavy (non-hydrogen) atoms. The number of rotatable bonds is 13. The summed E-state index contributed by atoms with van der Waals surface area (Å²) in [5.41, 5.74) is 6.68. The number of allylic oxidation sites excluding steroid dienone is 2. The first-order valence-corrected chi connectivity index (χ1v) is 9.83. The van der Waals surface area contributed by atoms with Crippen molar-refractivity contribution in [2.75, 3.05) is 7.11 Å². The van der Waals surface area contributed by atoms with Crippen molar-refractivity contribution >= 4 is 11.8 Å². The van der Waals surface area contributed by atoms with Gasteiger partial charge in [-0.25, -0.2) is 0 Å². The van der Waals surface area contributed by atoms with Gasteiger partial charge < -0.3 is 10.5 Å². The molecule has 0 aliphatic heterocycles. The third-order valence-corrected chi connectivity index (χ3v) is 4.90. The number of carbonyl (C=O) groups excluding carboxylic acids is 2. The van der Waals surface area contributed by atoms with Gasteiger partial charge in [-0.05, 0) is 31.8 Å². The molecule has 0 unspecified atom stereocenters. The lowest BCUT2D eigenvalue weighted by atomic mass is 9.87. The molecule has 1 rings (SSSR count). The SMILES string of the molecule is CCCCCCCC[C@@]1(N)C=CC(=O)/C1=C/CCCCCC(=O)OC. The van der Waals surface area contributed by atoms with Gasteiger partial charge in [0.25, 0.3) is 0 Å². The van der Waals surface area contributed by atoms with Crippen molar-refractivity contribution in [3.63, 3.8) is 0 Å². The zero-order chi connectivity index (χ0) is 18.5. The largest absolute Gasteiger partial charge is 0.469 e. The molecule has 0 radical (unpaired) electrons. The molecule has 0 saturated carbocycles. The molecule has 1 aliphatic carbocycles. The second-order valence-electron chi connectivity index (χ2n) is 7.05. The average Bonchev–Trinajstić information content (AvgIpc) is 2.89. The number of nitrogens with two attached hydrogens (primary N) is 1. The van der Waals surface area contributed by atoms with Crippen LogP contribution in [0.15, 0.2) is 23.8 Å². The Kier molecular flexibility index (Phi) is 10.4. The molecule has 1 aliphatic rings. The fraction of sp³-hybridized carbons (Fsp3) is 0.714. The summed E-state index contributed by atoms with van der Waals surface area (Å²) in [6.07, 6.45) is 17.7. The minimum atomic E-state index is -0.576. The molecule has 0 spiro atoms. The van der Waals surface area contributed by atoms with E-state index in [1.165, 1.54) is 39.2 Å². The Morgan fingerprint density at radius 1 is 1.12 bits per heavy atom. The van der Waals surface area contributed by atoms with Gasteiger partial charge in [-0.3, -0.25) is 9.59 Å². The van der Waals surface area contributed by atoms with Gasteiger partial charge in [-0.1, -0.05) is 64.0 Å². The first-order chi connectivity index (χ1) is 12.0. The van der Waals surface area contributed by atoms with Crippen LogP contribution in [0.5, 0.6) is 0 Å². The summed E-state index contributed by atoms with van der Waals surface area (Å²) in [6, 6.07) is 0. The van der Waals surface area contributed by atoms with Crippen LogP contribution >= 0.6 is 0 Å². The van der Waals surface area contributed by atoms with Gasteiger partial charge in [-0.15, -0.1) is 0 Å². The molecule has 0 amide bonds. The third-order valence-electron chi connectivity index (χ3n) is 4.90. The van der Waals surface area contributed by atoms with Crippen molar-refractivity contribution in [2.24, 2.45) is 5.73 Å². The fourth-order valence-electron chi connectivity index (χ4n) is 3.28. The Balaban J connectivity index is 2.34. The molecule has 0 heterocycles. The standard InChI is InChI=1S/C21H35NO3/c1-3-4-5-6-9-12-16-21(22)17-15-19(23)18(21)13-10-7-8-11-14-20(24)25-2/h13,15,17H,3-12,14,16,22H2,1-2H3/b18-13-/t21-/m1/s1. The number of ketones is 1. The highest BCUT2D eigenvalue weighted by Gasteiger charge is 2.34. The summed E-state index contributed by atoms with van der Waals surface area (Å²) in [6.45, 7) is 2.22. The highest BCUT2D eigenvalue weighted by atomic mass is 16.5. The van der Waals surface area contributed by atoms with Gasteiger partial charge in [0.05, 0.1) is 12.6 Å². The van der Waals surface area contributed by atoms with Crippen molar-refractivity contribution in [3.05, 3.63) is 23.8 Å². The number of hydrogen-bond donors (Lipinski definition) is 1. The molecular formula is C21H35NO3. The number of ether oxygens (including phenoxy) is 1. The molecule has 0 aromatic heterocycles. The molecule has 0 bridgehead atoms. The maximum atomic E-state index is 12.1. The summed E-state index contributed by atoms with van der Waals surface area (Å²) < 4.78 is 4.63. The minimum absolute atomic E-state index is 0.0584. The van der Waals surface area contributed by atoms with E-state index in [0.717, 1.165) is 44.1 Å². The van der Waals surface area contributed by atoms with Crippen LogP contribution in [0.25, 0.3) is 0 Å². The molecule has 0 aromatic carbocycles. The van der Waals surface area contributed by atoms with Crippen LogP contribution in [0.4, 0.5) is 0 Å². The smallest absolute Gasteiger partial charge is 0.305 e. The highest BCUT2D eigenvalue weighted by Crippen LogP contribution is 2.30. The van der Waals surface area contributed by atoms with Gasteiger partial charge in [0.15, 0.2) is 5.78 Å². The summed E-state index contributed by atoms with van der Waals surface area (Å²) in [5.74, 6) is -0.100. The second kappa shape index (κ2) is 12.0. The summed E-state index contributed by atoms with van der Waals surface area (Å²) >= 11 is 0. The van der Waals surface area contributed by atoms with E-state index >= 15 is 0 Å². The van der Waals surface area contributed by atoms with Crippen LogP contribution in [0, 0.1) is 0 Å². The minimum Gasteiger partial charge on any atom is -0.469 e. The van der Waals surface area contributed by atoms with Gasteiger partial charge >= 0.3 is 5.97 Å². The first-order valence-electron chi connectivity index (χ1n) is 9.83. The van der Waals surface area contributed by atoms with Crippen molar-refractivity contribution in [1.82, 2.24) is 0 Å². The van der Waals surface area contributed by atoms with Gasteiger partial charge in [0, 0.05) is 12.0 Å². The Morgan fingerprint density at radius 3 is 2.52 bits per heavy atom. The predicted molar refractivity (Wildman–Crippen MR) is 102 cm³/mol. The number of carbonyl (C=O) groups is 2. The number of hydrogen-bond acceptors (Lipinski definition) is 4. The van der Waals surface area contributed by atoms with E-state index in [0.29, 0.717) is 6.42 Å². The van der Waals surface area contributed by atoms with Gasteiger partial charge in [-0.2, -0.15) is 0 Å². The zero-order valence-corrected chi connectivity index (χ0v) is 16.0. The van der Waals surface area contributed by atoms with Crippen LogP contribution in [-0.4, -0.2) is 24.4 Å². The van der Waals surface area contributed by atoms with Crippen molar-refractivity contribution in [2.45, 2.75) is 89.5 Å². The molecule has 142 valence electrons. The lowest BCUT2D eigenvalue weighted by Gasteiger charge is -2.24. The summed E-state index contributed by atoms with van der Waals surface area (Å²) in [5, 5.41) is 0. The van der Waals surface area contributed by atoms with Crippen LogP contribution < -0.4 is 5.73 Å². The van der Waals surface area contributed by atoms with E-state index in [1.54, 1.807) is 6.08 Å². The summed E-state index contributed by atoms with van der Waals surface area (Å²) in [7, 11) is 1.41. The Bertz CT molecular complexity index is 482. The van der Waals surface area contributed by atoms with Crippen molar-refractivity contribution < 1.29 is 14.3 Å². The fourth-order valence-corrected chi connectivity index (χ4v) is 3.28. The lowest BCUT2D eigenvalue weighted by molar-refractivity contribution is -0.140. The normalized spacial score (nSPS) is 21.2. The summed E-state index contributed by atoms with van der Waals surface area (Å²) in [4.78, 5) is 23.2. The molecule has 0 aromatic rings.